The zero-order valence-electron chi connectivity index (χ0n) is 13.6. The standard InChI is InChI=1S/C16H13N3O4S4/c20-14(17-18-27(22,23)12-6-2-1-3-7-12)10-19-15(21)13(26-16(19)24)9-11-5-4-8-25-11/h1-9,18H,10H2,(H,17,20). The molecule has 0 saturated carbocycles. The van der Waals surface area contributed by atoms with E-state index in [9.17, 15) is 18.0 Å². The largest absolute Gasteiger partial charge is 0.283 e. The van der Waals surface area contributed by atoms with Crippen molar-refractivity contribution >= 4 is 67.6 Å². The minimum atomic E-state index is -3.89. The molecule has 2 heterocycles. The third-order valence-corrected chi connectivity index (χ3v) is 6.83. The summed E-state index contributed by atoms with van der Waals surface area (Å²) in [5.41, 5.74) is 2.09. The number of sulfonamides is 1. The zero-order chi connectivity index (χ0) is 19.4. The molecule has 3 rings (SSSR count). The van der Waals surface area contributed by atoms with E-state index in [4.69, 9.17) is 12.2 Å². The Morgan fingerprint density at radius 2 is 1.93 bits per heavy atom. The van der Waals surface area contributed by atoms with E-state index < -0.39 is 15.9 Å². The van der Waals surface area contributed by atoms with Gasteiger partial charge in [-0.3, -0.25) is 19.9 Å². The summed E-state index contributed by atoms with van der Waals surface area (Å²) < 4.78 is 24.4. The molecule has 0 aliphatic carbocycles. The number of hydrogen-bond acceptors (Lipinski definition) is 7. The fourth-order valence-corrected chi connectivity index (χ4v) is 4.96. The Labute approximate surface area is 169 Å². The number of benzene rings is 1. The van der Waals surface area contributed by atoms with Gasteiger partial charge in [0.2, 0.25) is 0 Å². The highest BCUT2D eigenvalue weighted by Gasteiger charge is 2.33. The van der Waals surface area contributed by atoms with Gasteiger partial charge in [0.25, 0.3) is 21.8 Å². The van der Waals surface area contributed by atoms with Crippen molar-refractivity contribution in [2.75, 3.05) is 6.54 Å². The van der Waals surface area contributed by atoms with E-state index in [1.54, 1.807) is 24.3 Å². The minimum absolute atomic E-state index is 0.00907. The van der Waals surface area contributed by atoms with Crippen molar-refractivity contribution in [1.29, 1.82) is 0 Å². The van der Waals surface area contributed by atoms with Crippen LogP contribution < -0.4 is 10.3 Å². The summed E-state index contributed by atoms with van der Waals surface area (Å²) in [5, 5.41) is 1.89. The van der Waals surface area contributed by atoms with Gasteiger partial charge in [-0.05, 0) is 29.7 Å². The number of carbonyl (C=O) groups excluding carboxylic acids is 2. The number of amides is 2. The van der Waals surface area contributed by atoms with Crippen LogP contribution in [0, 0.1) is 0 Å². The molecule has 1 saturated heterocycles. The summed E-state index contributed by atoms with van der Waals surface area (Å²) in [4.78, 5) is 29.0. The summed E-state index contributed by atoms with van der Waals surface area (Å²) in [6.45, 7) is -0.385. The van der Waals surface area contributed by atoms with Gasteiger partial charge in [-0.1, -0.05) is 48.2 Å². The van der Waals surface area contributed by atoms with Crippen molar-refractivity contribution in [2.24, 2.45) is 0 Å². The molecule has 2 N–H and O–H groups in total. The average Bonchev–Trinajstić information content (AvgIpc) is 3.25. The SMILES string of the molecule is O=C(CN1C(=O)C(=Cc2cccs2)SC1=S)NNS(=O)(=O)c1ccccc1. The van der Waals surface area contributed by atoms with Gasteiger partial charge in [0.05, 0.1) is 9.80 Å². The molecule has 2 amide bonds. The van der Waals surface area contributed by atoms with Gasteiger partial charge in [0.1, 0.15) is 10.9 Å². The quantitative estimate of drug-likeness (QED) is 0.406. The Morgan fingerprint density at radius 3 is 2.59 bits per heavy atom. The van der Waals surface area contributed by atoms with Gasteiger partial charge in [-0.2, -0.15) is 0 Å². The van der Waals surface area contributed by atoms with Gasteiger partial charge in [0.15, 0.2) is 0 Å². The maximum atomic E-state index is 12.4. The Morgan fingerprint density at radius 1 is 1.19 bits per heavy atom. The molecule has 27 heavy (non-hydrogen) atoms. The molecule has 1 aliphatic heterocycles. The lowest BCUT2D eigenvalue weighted by Gasteiger charge is -2.14. The number of nitrogens with zero attached hydrogens (tertiary/aromatic N) is 1. The van der Waals surface area contributed by atoms with Crippen LogP contribution >= 0.6 is 35.3 Å². The first-order valence-corrected chi connectivity index (χ1v) is 11.1. The lowest BCUT2D eigenvalue weighted by Crippen LogP contribution is -2.47. The van der Waals surface area contributed by atoms with Gasteiger partial charge in [-0.25, -0.2) is 8.42 Å². The zero-order valence-corrected chi connectivity index (χ0v) is 16.9. The first-order valence-electron chi connectivity index (χ1n) is 7.51. The van der Waals surface area contributed by atoms with E-state index in [0.29, 0.717) is 4.91 Å². The first-order chi connectivity index (χ1) is 12.9. The molecule has 0 unspecified atom stereocenters. The Kier molecular flexibility index (Phi) is 6.07. The monoisotopic (exact) mass is 439 g/mol. The summed E-state index contributed by atoms with van der Waals surface area (Å²) in [6, 6.07) is 11.3. The van der Waals surface area contributed by atoms with Crippen molar-refractivity contribution < 1.29 is 18.0 Å². The molecule has 140 valence electrons. The molecule has 1 fully saturated rings. The van der Waals surface area contributed by atoms with Crippen LogP contribution in [-0.2, 0) is 19.6 Å². The highest BCUT2D eigenvalue weighted by molar-refractivity contribution is 8.26. The van der Waals surface area contributed by atoms with Crippen LogP contribution in [0.1, 0.15) is 4.88 Å². The number of thioether (sulfide) groups is 1. The summed E-state index contributed by atoms with van der Waals surface area (Å²) >= 11 is 7.73. The van der Waals surface area contributed by atoms with Crippen LogP contribution in [0.25, 0.3) is 6.08 Å². The summed E-state index contributed by atoms with van der Waals surface area (Å²) in [6.07, 6.45) is 1.71. The van der Waals surface area contributed by atoms with Gasteiger partial charge in [-0.15, -0.1) is 16.2 Å². The number of thiophene rings is 1. The molecule has 0 spiro atoms. The van der Waals surface area contributed by atoms with E-state index in [1.807, 2.05) is 22.3 Å². The Hall–Kier alpha value is -2.05. The normalized spacial score (nSPS) is 16.1. The maximum absolute atomic E-state index is 12.4. The highest BCUT2D eigenvalue weighted by Crippen LogP contribution is 2.32. The predicted molar refractivity (Wildman–Crippen MR) is 109 cm³/mol. The van der Waals surface area contributed by atoms with Crippen LogP contribution in [-0.4, -0.2) is 36.0 Å². The molecule has 11 heteroatoms. The van der Waals surface area contributed by atoms with Gasteiger partial charge in [0, 0.05) is 4.88 Å². The lowest BCUT2D eigenvalue weighted by atomic mass is 10.3. The van der Waals surface area contributed by atoms with Crippen molar-refractivity contribution in [1.82, 2.24) is 15.2 Å². The summed E-state index contributed by atoms with van der Waals surface area (Å²) in [5.74, 6) is -1.09. The van der Waals surface area contributed by atoms with E-state index in [1.165, 1.54) is 23.5 Å². The van der Waals surface area contributed by atoms with E-state index in [-0.39, 0.29) is 21.7 Å². The van der Waals surface area contributed by atoms with Crippen LogP contribution in [0.15, 0.2) is 57.6 Å². The lowest BCUT2D eigenvalue weighted by molar-refractivity contribution is -0.128. The molecule has 2 aromatic rings. The molecule has 1 aliphatic rings. The number of thiocarbonyl (C=S) groups is 1. The molecule has 1 aromatic heterocycles. The fraction of sp³-hybridized carbons (Fsp3) is 0.0625. The number of carbonyl (C=O) groups is 2. The van der Waals surface area contributed by atoms with Crippen LogP contribution in [0.4, 0.5) is 0 Å². The van der Waals surface area contributed by atoms with Gasteiger partial charge >= 0.3 is 0 Å². The van der Waals surface area contributed by atoms with Crippen LogP contribution in [0.2, 0.25) is 0 Å². The molecule has 1 aromatic carbocycles. The Balaban J connectivity index is 1.61. The topological polar surface area (TPSA) is 95.6 Å². The number of nitrogens with one attached hydrogen (secondary N) is 2. The van der Waals surface area contributed by atoms with Gasteiger partial charge < -0.3 is 0 Å². The van der Waals surface area contributed by atoms with E-state index >= 15 is 0 Å². The van der Waals surface area contributed by atoms with E-state index in [2.05, 4.69) is 5.43 Å². The van der Waals surface area contributed by atoms with Crippen LogP contribution in [0.3, 0.4) is 0 Å². The fourth-order valence-electron chi connectivity index (χ4n) is 2.10. The van der Waals surface area contributed by atoms with Crippen molar-refractivity contribution in [3.8, 4) is 0 Å². The molecule has 0 atom stereocenters. The van der Waals surface area contributed by atoms with Crippen molar-refractivity contribution in [3.63, 3.8) is 0 Å². The highest BCUT2D eigenvalue weighted by atomic mass is 32.2. The van der Waals surface area contributed by atoms with Crippen molar-refractivity contribution in [2.45, 2.75) is 4.90 Å². The van der Waals surface area contributed by atoms with Crippen LogP contribution in [0.5, 0.6) is 0 Å². The Bertz CT molecular complexity index is 1000. The molecular weight excluding hydrogens is 426 g/mol. The average molecular weight is 440 g/mol. The maximum Gasteiger partial charge on any atom is 0.266 e. The summed E-state index contributed by atoms with van der Waals surface area (Å²) in [7, 11) is -3.89. The van der Waals surface area contributed by atoms with E-state index in [0.717, 1.165) is 21.5 Å². The third-order valence-electron chi connectivity index (χ3n) is 3.37. The second kappa shape index (κ2) is 8.31. The second-order valence-electron chi connectivity index (χ2n) is 5.25. The molecule has 0 radical (unpaired) electrons. The minimum Gasteiger partial charge on any atom is -0.283 e. The second-order valence-corrected chi connectivity index (χ2v) is 9.59. The number of hydrogen-bond donors (Lipinski definition) is 2. The smallest absolute Gasteiger partial charge is 0.266 e. The third kappa shape index (κ3) is 4.82. The van der Waals surface area contributed by atoms with Crippen molar-refractivity contribution in [3.05, 3.63) is 57.6 Å². The number of rotatable bonds is 6. The molecular formula is C16H13N3O4S4. The number of hydrazine groups is 1. The first kappa shape index (κ1) is 19.7. The molecule has 7 nitrogen and oxygen atoms in total. The predicted octanol–water partition coefficient (Wildman–Crippen LogP) is 1.96. The molecule has 0 bridgehead atoms.